The van der Waals surface area contributed by atoms with Crippen LogP contribution in [0.25, 0.3) is 16.5 Å². The van der Waals surface area contributed by atoms with Crippen LogP contribution < -0.4 is 0 Å². The number of hydrogen-bond acceptors (Lipinski definition) is 1. The number of carboxylic acid groups (broad SMARTS) is 1. The number of rotatable bonds is 3. The maximum atomic E-state index is 12.8. The summed E-state index contributed by atoms with van der Waals surface area (Å²) < 4.78 is 14.7. The summed E-state index contributed by atoms with van der Waals surface area (Å²) in [5.74, 6) is -0.913. The van der Waals surface area contributed by atoms with Gasteiger partial charge in [0, 0.05) is 22.2 Å². The summed E-state index contributed by atoms with van der Waals surface area (Å²) in [6.45, 7) is -0.167. The summed E-state index contributed by atoms with van der Waals surface area (Å²) >= 11 is 0. The summed E-state index contributed by atoms with van der Waals surface area (Å²) in [5, 5.41) is 10.2. The first-order chi connectivity index (χ1) is 9.24. The predicted octanol–water partition coefficient (Wildman–Crippen LogP) is 3.03. The number of carboxylic acids is 1. The van der Waals surface area contributed by atoms with Gasteiger partial charge in [0.25, 0.3) is 0 Å². The van der Waals surface area contributed by atoms with E-state index in [4.69, 9.17) is 0 Å². The summed E-state index contributed by atoms with van der Waals surface area (Å²) in [6.07, 6.45) is 3.22. The van der Waals surface area contributed by atoms with E-state index in [1.807, 2.05) is 28.8 Å². The fraction of sp³-hybridized carbons (Fsp3) is 0.267. The van der Waals surface area contributed by atoms with Gasteiger partial charge in [-0.1, -0.05) is 24.3 Å². The van der Waals surface area contributed by atoms with Gasteiger partial charge in [-0.05, 0) is 18.9 Å². The maximum Gasteiger partial charge on any atom is 0.336 e. The molecule has 1 aromatic heterocycles. The Balaban J connectivity index is 2.34. The molecule has 4 heteroatoms. The highest BCUT2D eigenvalue weighted by atomic mass is 19.1. The first-order valence-electron chi connectivity index (χ1n) is 6.34. The van der Waals surface area contributed by atoms with E-state index >= 15 is 0 Å². The SMILES string of the molecule is O=C(O)C1=CCCc2c1c1ccccc1n2CCF. The highest BCUT2D eigenvalue weighted by Gasteiger charge is 2.25. The molecule has 98 valence electrons. The average molecular weight is 259 g/mol. The number of alkyl halides is 1. The molecule has 1 heterocycles. The van der Waals surface area contributed by atoms with Gasteiger partial charge in [-0.2, -0.15) is 0 Å². The number of aliphatic carboxylic acids is 1. The van der Waals surface area contributed by atoms with Crippen molar-refractivity contribution >= 4 is 22.4 Å². The van der Waals surface area contributed by atoms with Gasteiger partial charge in [0.2, 0.25) is 0 Å². The minimum absolute atomic E-state index is 0.281. The van der Waals surface area contributed by atoms with Crippen LogP contribution in [0.5, 0.6) is 0 Å². The number of hydrogen-bond donors (Lipinski definition) is 1. The highest BCUT2D eigenvalue weighted by Crippen LogP contribution is 2.35. The number of para-hydroxylation sites is 1. The van der Waals surface area contributed by atoms with E-state index < -0.39 is 12.6 Å². The number of benzene rings is 1. The minimum Gasteiger partial charge on any atom is -0.478 e. The summed E-state index contributed by atoms with van der Waals surface area (Å²) in [7, 11) is 0. The number of carbonyl (C=O) groups is 1. The number of nitrogens with zero attached hydrogens (tertiary/aromatic N) is 1. The molecular formula is C15H14FNO2. The highest BCUT2D eigenvalue weighted by molar-refractivity contribution is 6.20. The van der Waals surface area contributed by atoms with Crippen molar-refractivity contribution in [2.75, 3.05) is 6.67 Å². The van der Waals surface area contributed by atoms with E-state index in [1.54, 1.807) is 6.08 Å². The van der Waals surface area contributed by atoms with Crippen LogP contribution in [0.1, 0.15) is 17.7 Å². The molecule has 1 aliphatic rings. The van der Waals surface area contributed by atoms with Crippen LogP contribution in [0, 0.1) is 0 Å². The van der Waals surface area contributed by atoms with Crippen molar-refractivity contribution in [1.29, 1.82) is 0 Å². The minimum atomic E-state index is -0.913. The number of aromatic nitrogens is 1. The predicted molar refractivity (Wildman–Crippen MR) is 71.8 cm³/mol. The van der Waals surface area contributed by atoms with Crippen molar-refractivity contribution in [2.24, 2.45) is 0 Å². The number of halogens is 1. The molecule has 3 rings (SSSR count). The molecule has 0 saturated heterocycles. The van der Waals surface area contributed by atoms with E-state index in [9.17, 15) is 14.3 Å². The molecule has 0 atom stereocenters. The Kier molecular flexibility index (Phi) is 2.85. The molecule has 1 N–H and O–H groups in total. The molecule has 19 heavy (non-hydrogen) atoms. The first kappa shape index (κ1) is 12.0. The standard InChI is InChI=1S/C15H14FNO2/c16-8-9-17-12-6-2-1-4-10(12)14-11(15(18)19)5-3-7-13(14)17/h1-2,4-6H,3,7-9H2,(H,18,19). The second kappa shape index (κ2) is 4.53. The quantitative estimate of drug-likeness (QED) is 0.920. The summed E-state index contributed by atoms with van der Waals surface area (Å²) in [4.78, 5) is 11.4. The number of allylic oxidation sites excluding steroid dienone is 1. The van der Waals surface area contributed by atoms with Crippen molar-refractivity contribution in [1.82, 2.24) is 4.57 Å². The lowest BCUT2D eigenvalue weighted by Crippen LogP contribution is -2.11. The van der Waals surface area contributed by atoms with Crippen LogP contribution in [0.3, 0.4) is 0 Å². The van der Waals surface area contributed by atoms with E-state index in [0.29, 0.717) is 12.0 Å². The second-order valence-electron chi connectivity index (χ2n) is 4.64. The Hall–Kier alpha value is -2.10. The van der Waals surface area contributed by atoms with Crippen molar-refractivity contribution < 1.29 is 14.3 Å². The molecule has 0 bridgehead atoms. The second-order valence-corrected chi connectivity index (χ2v) is 4.64. The van der Waals surface area contributed by atoms with Crippen LogP contribution in [-0.4, -0.2) is 22.3 Å². The van der Waals surface area contributed by atoms with E-state index in [-0.39, 0.29) is 6.54 Å². The third-order valence-corrected chi connectivity index (χ3v) is 3.62. The van der Waals surface area contributed by atoms with Crippen LogP contribution in [0.2, 0.25) is 0 Å². The zero-order valence-electron chi connectivity index (χ0n) is 10.4. The Morgan fingerprint density at radius 1 is 1.37 bits per heavy atom. The molecule has 0 aliphatic heterocycles. The van der Waals surface area contributed by atoms with Crippen molar-refractivity contribution in [2.45, 2.75) is 19.4 Å². The van der Waals surface area contributed by atoms with Gasteiger partial charge in [0.1, 0.15) is 6.67 Å². The summed E-state index contributed by atoms with van der Waals surface area (Å²) in [6, 6.07) is 7.61. The normalized spacial score (nSPS) is 14.3. The molecule has 0 spiro atoms. The van der Waals surface area contributed by atoms with Gasteiger partial charge in [-0.15, -0.1) is 0 Å². The molecule has 0 radical (unpaired) electrons. The topological polar surface area (TPSA) is 42.2 Å². The van der Waals surface area contributed by atoms with Gasteiger partial charge in [-0.3, -0.25) is 0 Å². The van der Waals surface area contributed by atoms with E-state index in [1.165, 1.54) is 0 Å². The molecule has 0 unspecified atom stereocenters. The largest absolute Gasteiger partial charge is 0.478 e. The molecule has 1 aliphatic carbocycles. The van der Waals surface area contributed by atoms with Gasteiger partial charge in [0.15, 0.2) is 0 Å². The number of aryl methyl sites for hydroxylation is 1. The molecular weight excluding hydrogens is 245 g/mol. The van der Waals surface area contributed by atoms with Crippen LogP contribution in [0.4, 0.5) is 4.39 Å². The average Bonchev–Trinajstić information content (AvgIpc) is 2.74. The maximum absolute atomic E-state index is 12.8. The Labute approximate surface area is 110 Å². The van der Waals surface area contributed by atoms with Gasteiger partial charge in [0.05, 0.1) is 12.1 Å². The molecule has 0 saturated carbocycles. The third kappa shape index (κ3) is 1.75. The summed E-state index contributed by atoms with van der Waals surface area (Å²) in [5.41, 5.74) is 2.97. The van der Waals surface area contributed by atoms with E-state index in [2.05, 4.69) is 0 Å². The Morgan fingerprint density at radius 2 is 2.16 bits per heavy atom. The van der Waals surface area contributed by atoms with Crippen molar-refractivity contribution in [3.63, 3.8) is 0 Å². The fourth-order valence-electron chi connectivity index (χ4n) is 2.91. The lowest BCUT2D eigenvalue weighted by atomic mass is 9.94. The molecule has 3 nitrogen and oxygen atoms in total. The number of fused-ring (bicyclic) bond motifs is 3. The Morgan fingerprint density at radius 3 is 2.89 bits per heavy atom. The van der Waals surface area contributed by atoms with Crippen LogP contribution in [0.15, 0.2) is 30.3 Å². The van der Waals surface area contributed by atoms with Gasteiger partial charge in [-0.25, -0.2) is 9.18 Å². The Bertz CT molecular complexity index is 685. The molecule has 1 aromatic carbocycles. The lowest BCUT2D eigenvalue weighted by Gasteiger charge is -2.14. The van der Waals surface area contributed by atoms with Gasteiger partial charge < -0.3 is 9.67 Å². The first-order valence-corrected chi connectivity index (χ1v) is 6.34. The van der Waals surface area contributed by atoms with Crippen molar-refractivity contribution in [3.8, 4) is 0 Å². The van der Waals surface area contributed by atoms with Crippen LogP contribution in [-0.2, 0) is 17.8 Å². The van der Waals surface area contributed by atoms with Crippen LogP contribution >= 0.6 is 0 Å². The zero-order valence-corrected chi connectivity index (χ0v) is 10.4. The zero-order chi connectivity index (χ0) is 13.4. The third-order valence-electron chi connectivity index (χ3n) is 3.62. The fourth-order valence-corrected chi connectivity index (χ4v) is 2.91. The van der Waals surface area contributed by atoms with E-state index in [0.717, 1.165) is 28.6 Å². The van der Waals surface area contributed by atoms with Gasteiger partial charge >= 0.3 is 5.97 Å². The molecule has 2 aromatic rings. The lowest BCUT2D eigenvalue weighted by molar-refractivity contribution is -0.130. The monoisotopic (exact) mass is 259 g/mol. The molecule has 0 amide bonds. The smallest absolute Gasteiger partial charge is 0.336 e. The molecule has 0 fully saturated rings. The van der Waals surface area contributed by atoms with Crippen molar-refractivity contribution in [3.05, 3.63) is 41.6 Å².